The smallest absolute Gasteiger partial charge is 0.457 e. The second-order valence-electron chi connectivity index (χ2n) is 13.6. The summed E-state index contributed by atoms with van der Waals surface area (Å²) in [5.41, 5.74) is 0. The molecule has 0 spiro atoms. The number of unbranched alkanes of at least 4 members (excludes halogenated alkanes) is 19. The van der Waals surface area contributed by atoms with Crippen LogP contribution in [0.15, 0.2) is 36.5 Å². The zero-order valence-electron chi connectivity index (χ0n) is 32.6. The molecule has 3 atom stereocenters. The number of hydrogen-bond acceptors (Lipinski definition) is 8. The number of carbonyl (C=O) groups excluding carboxylic acids is 1. The van der Waals surface area contributed by atoms with Gasteiger partial charge >= 0.3 is 13.8 Å². The Morgan fingerprint density at radius 3 is 1.63 bits per heavy atom. The fraction of sp³-hybridized carbons (Fsp3) is 0.829. The van der Waals surface area contributed by atoms with Crippen LogP contribution in [0.4, 0.5) is 0 Å². The van der Waals surface area contributed by atoms with Crippen molar-refractivity contribution >= 4 is 13.8 Å². The third kappa shape index (κ3) is 38.2. The number of esters is 1. The standard InChI is InChI=1S/C41H77O9P/c1-3-5-7-9-11-13-15-17-19-21-23-25-27-29-31-33-41(44)50-40(38-49-51(45,46)48-36-39(43)35-42)37-47-34-32-30-28-26-24-22-20-18-16-14-12-10-8-6-4-2/h11,13,16-19,39-40,42-43H,3-10,12,14-15,20-38H2,1-2H3,(H,45,46)/b13-11-,18-16-,19-17-. The lowest BCUT2D eigenvalue weighted by molar-refractivity contribution is -0.154. The molecule has 10 heteroatoms. The molecule has 0 radical (unpaired) electrons. The van der Waals surface area contributed by atoms with Crippen molar-refractivity contribution in [1.29, 1.82) is 0 Å². The molecule has 0 amide bonds. The number of phosphoric acid groups is 1. The first-order chi connectivity index (χ1) is 24.8. The van der Waals surface area contributed by atoms with E-state index in [-0.39, 0.29) is 19.6 Å². The SMILES string of the molecule is CCCCC/C=C\C/C=C\CCCCCCCC(=O)OC(COCCCCCCCC/C=C\CCCCCCC)COP(=O)(O)OCC(O)CO. The van der Waals surface area contributed by atoms with Crippen LogP contribution in [0.5, 0.6) is 0 Å². The molecule has 0 heterocycles. The fourth-order valence-electron chi connectivity index (χ4n) is 5.38. The van der Waals surface area contributed by atoms with Crippen LogP contribution in [-0.4, -0.2) is 66.3 Å². The number of allylic oxidation sites excluding steroid dienone is 6. The van der Waals surface area contributed by atoms with Crippen LogP contribution in [0.3, 0.4) is 0 Å². The van der Waals surface area contributed by atoms with Gasteiger partial charge in [0.2, 0.25) is 0 Å². The summed E-state index contributed by atoms with van der Waals surface area (Å²) >= 11 is 0. The number of ether oxygens (including phenoxy) is 2. The Morgan fingerprint density at radius 1 is 0.608 bits per heavy atom. The van der Waals surface area contributed by atoms with E-state index < -0.39 is 39.2 Å². The molecule has 0 saturated carbocycles. The van der Waals surface area contributed by atoms with Crippen molar-refractivity contribution in [1.82, 2.24) is 0 Å². The maximum absolute atomic E-state index is 12.6. The highest BCUT2D eigenvalue weighted by atomic mass is 31.2. The van der Waals surface area contributed by atoms with E-state index in [2.05, 4.69) is 50.3 Å². The molecular weight excluding hydrogens is 667 g/mol. The molecule has 3 N–H and O–H groups in total. The Bertz CT molecular complexity index is 892. The monoisotopic (exact) mass is 745 g/mol. The highest BCUT2D eigenvalue weighted by molar-refractivity contribution is 7.47. The maximum atomic E-state index is 12.6. The molecule has 300 valence electrons. The zero-order valence-corrected chi connectivity index (χ0v) is 33.5. The van der Waals surface area contributed by atoms with Crippen LogP contribution in [0.25, 0.3) is 0 Å². The third-order valence-electron chi connectivity index (χ3n) is 8.55. The first-order valence-corrected chi connectivity index (χ1v) is 22.0. The second-order valence-corrected chi connectivity index (χ2v) is 15.1. The van der Waals surface area contributed by atoms with Gasteiger partial charge in [-0.15, -0.1) is 0 Å². The first-order valence-electron chi connectivity index (χ1n) is 20.5. The van der Waals surface area contributed by atoms with Gasteiger partial charge in [-0.3, -0.25) is 13.8 Å². The normalized spacial score (nSPS) is 14.5. The summed E-state index contributed by atoms with van der Waals surface area (Å²) in [7, 11) is -4.52. The van der Waals surface area contributed by atoms with Crippen LogP contribution < -0.4 is 0 Å². The Hall–Kier alpha value is -1.32. The van der Waals surface area contributed by atoms with Crippen LogP contribution in [0.1, 0.15) is 174 Å². The summed E-state index contributed by atoms with van der Waals surface area (Å²) in [5, 5.41) is 18.3. The molecule has 3 unspecified atom stereocenters. The number of aliphatic hydroxyl groups excluding tert-OH is 2. The van der Waals surface area contributed by atoms with Crippen molar-refractivity contribution in [3.63, 3.8) is 0 Å². The minimum atomic E-state index is -4.52. The lowest BCUT2D eigenvalue weighted by atomic mass is 10.1. The molecule has 0 aromatic heterocycles. The molecule has 0 fully saturated rings. The molecule has 0 aromatic carbocycles. The van der Waals surface area contributed by atoms with E-state index in [0.717, 1.165) is 64.2 Å². The number of hydrogen-bond donors (Lipinski definition) is 3. The summed E-state index contributed by atoms with van der Waals surface area (Å²) in [6.45, 7) is 3.45. The molecule has 0 bridgehead atoms. The van der Waals surface area contributed by atoms with Gasteiger partial charge in [0.25, 0.3) is 0 Å². The Balaban J connectivity index is 4.24. The number of aliphatic hydroxyl groups is 2. The van der Waals surface area contributed by atoms with E-state index in [1.54, 1.807) is 0 Å². The molecule has 0 aliphatic rings. The number of phosphoric ester groups is 1. The van der Waals surface area contributed by atoms with Gasteiger partial charge in [0, 0.05) is 13.0 Å². The van der Waals surface area contributed by atoms with Crippen LogP contribution in [0, 0.1) is 0 Å². The minimum absolute atomic E-state index is 0.0398. The largest absolute Gasteiger partial charge is 0.472 e. The van der Waals surface area contributed by atoms with E-state index in [4.69, 9.17) is 23.6 Å². The van der Waals surface area contributed by atoms with Gasteiger partial charge in [0.1, 0.15) is 12.2 Å². The maximum Gasteiger partial charge on any atom is 0.472 e. The lowest BCUT2D eigenvalue weighted by Crippen LogP contribution is -2.29. The average Bonchev–Trinajstić information content (AvgIpc) is 3.12. The molecule has 0 aliphatic carbocycles. The van der Waals surface area contributed by atoms with Gasteiger partial charge in [-0.2, -0.15) is 0 Å². The van der Waals surface area contributed by atoms with Gasteiger partial charge in [-0.05, 0) is 70.6 Å². The van der Waals surface area contributed by atoms with Crippen molar-refractivity contribution in [2.45, 2.75) is 187 Å². The Morgan fingerprint density at radius 2 is 1.06 bits per heavy atom. The molecule has 0 rings (SSSR count). The van der Waals surface area contributed by atoms with Gasteiger partial charge < -0.3 is 24.6 Å². The van der Waals surface area contributed by atoms with Crippen molar-refractivity contribution in [2.24, 2.45) is 0 Å². The number of rotatable bonds is 39. The van der Waals surface area contributed by atoms with Crippen LogP contribution in [0.2, 0.25) is 0 Å². The van der Waals surface area contributed by atoms with E-state index >= 15 is 0 Å². The molecular formula is C41H77O9P. The van der Waals surface area contributed by atoms with Gasteiger partial charge in [-0.1, -0.05) is 134 Å². The topological polar surface area (TPSA) is 132 Å². The van der Waals surface area contributed by atoms with Crippen molar-refractivity contribution in [3.8, 4) is 0 Å². The predicted octanol–water partition coefficient (Wildman–Crippen LogP) is 10.9. The molecule has 0 aromatic rings. The van der Waals surface area contributed by atoms with Gasteiger partial charge in [0.15, 0.2) is 0 Å². The zero-order chi connectivity index (χ0) is 37.5. The summed E-state index contributed by atoms with van der Waals surface area (Å²) in [4.78, 5) is 22.5. The molecule has 51 heavy (non-hydrogen) atoms. The van der Waals surface area contributed by atoms with Gasteiger partial charge in [-0.25, -0.2) is 4.57 Å². The third-order valence-corrected chi connectivity index (χ3v) is 9.50. The van der Waals surface area contributed by atoms with E-state index in [1.807, 2.05) is 0 Å². The summed E-state index contributed by atoms with van der Waals surface area (Å²) in [6, 6.07) is 0. The molecule has 9 nitrogen and oxygen atoms in total. The van der Waals surface area contributed by atoms with Crippen LogP contribution in [-0.2, 0) is 27.9 Å². The summed E-state index contributed by atoms with van der Waals surface area (Å²) < 4.78 is 33.3. The summed E-state index contributed by atoms with van der Waals surface area (Å²) in [5.74, 6) is -0.399. The quantitative estimate of drug-likeness (QED) is 0.0243. The summed E-state index contributed by atoms with van der Waals surface area (Å²) in [6.07, 6.45) is 39.5. The Kier molecular flexibility index (Phi) is 37.4. The van der Waals surface area contributed by atoms with Crippen molar-refractivity contribution < 1.29 is 43.0 Å². The van der Waals surface area contributed by atoms with E-state index in [1.165, 1.54) is 83.5 Å². The first kappa shape index (κ1) is 49.7. The minimum Gasteiger partial charge on any atom is -0.457 e. The highest BCUT2D eigenvalue weighted by Gasteiger charge is 2.26. The second kappa shape index (κ2) is 38.4. The highest BCUT2D eigenvalue weighted by Crippen LogP contribution is 2.43. The predicted molar refractivity (Wildman–Crippen MR) is 210 cm³/mol. The molecule has 0 aliphatic heterocycles. The van der Waals surface area contributed by atoms with Crippen LogP contribution >= 0.6 is 7.82 Å². The van der Waals surface area contributed by atoms with E-state index in [0.29, 0.717) is 13.0 Å². The molecule has 0 saturated heterocycles. The average molecular weight is 745 g/mol. The lowest BCUT2D eigenvalue weighted by Gasteiger charge is -2.20. The van der Waals surface area contributed by atoms with Gasteiger partial charge in [0.05, 0.1) is 26.4 Å². The number of carbonyl (C=O) groups is 1. The Labute approximate surface area is 312 Å². The van der Waals surface area contributed by atoms with Crippen molar-refractivity contribution in [3.05, 3.63) is 36.5 Å². The fourth-order valence-corrected chi connectivity index (χ4v) is 6.17. The van der Waals surface area contributed by atoms with E-state index in [9.17, 15) is 19.4 Å². The van der Waals surface area contributed by atoms with Crippen molar-refractivity contribution in [2.75, 3.05) is 33.0 Å².